The summed E-state index contributed by atoms with van der Waals surface area (Å²) >= 11 is 0. The van der Waals surface area contributed by atoms with E-state index < -0.39 is 59.9 Å². The summed E-state index contributed by atoms with van der Waals surface area (Å²) in [6, 6.07) is 4.76. The number of methoxy groups -OCH3 is 1. The molecule has 5 atom stereocenters. The van der Waals surface area contributed by atoms with E-state index in [1.54, 1.807) is 6.07 Å². The van der Waals surface area contributed by atoms with Gasteiger partial charge in [0.15, 0.2) is 17.5 Å². The third kappa shape index (κ3) is 4.58. The smallest absolute Gasteiger partial charge is 0.194 e. The Hall–Kier alpha value is -3.31. The Labute approximate surface area is 215 Å². The molecule has 10 nitrogen and oxygen atoms in total. The predicted molar refractivity (Wildman–Crippen MR) is 123 cm³/mol. The lowest BCUT2D eigenvalue weighted by molar-refractivity contribution is -0.212. The topological polar surface area (TPSA) is 139 Å². The van der Waals surface area contributed by atoms with E-state index in [0.717, 1.165) is 25.0 Å². The summed E-state index contributed by atoms with van der Waals surface area (Å²) in [6.07, 6.45) is 0.894. The fourth-order valence-corrected chi connectivity index (χ4v) is 5.43. The summed E-state index contributed by atoms with van der Waals surface area (Å²) in [5.74, 6) is -3.91. The van der Waals surface area contributed by atoms with Crippen LogP contribution < -0.4 is 0 Å². The monoisotopic (exact) mass is 533 g/mol. The average Bonchev–Trinajstić information content (AvgIpc) is 3.69. The van der Waals surface area contributed by atoms with E-state index in [-0.39, 0.29) is 17.7 Å². The van der Waals surface area contributed by atoms with Crippen LogP contribution in [0.15, 0.2) is 28.9 Å². The van der Waals surface area contributed by atoms with E-state index in [0.29, 0.717) is 24.3 Å². The van der Waals surface area contributed by atoms with Gasteiger partial charge in [0, 0.05) is 25.2 Å². The number of hydrogen-bond acceptors (Lipinski definition) is 9. The van der Waals surface area contributed by atoms with Crippen molar-refractivity contribution in [2.75, 3.05) is 13.7 Å². The highest BCUT2D eigenvalue weighted by Crippen LogP contribution is 2.41. The van der Waals surface area contributed by atoms with Gasteiger partial charge in [-0.1, -0.05) is 23.2 Å². The molecule has 1 aliphatic carbocycles. The summed E-state index contributed by atoms with van der Waals surface area (Å²) in [4.78, 5) is 0. The van der Waals surface area contributed by atoms with Crippen molar-refractivity contribution in [1.29, 1.82) is 5.26 Å². The van der Waals surface area contributed by atoms with Crippen molar-refractivity contribution in [3.8, 4) is 17.3 Å². The van der Waals surface area contributed by atoms with Crippen LogP contribution in [-0.4, -0.2) is 68.5 Å². The van der Waals surface area contributed by atoms with E-state index in [4.69, 9.17) is 14.0 Å². The first-order valence-electron chi connectivity index (χ1n) is 12.2. The van der Waals surface area contributed by atoms with Crippen LogP contribution in [0.1, 0.15) is 43.2 Å². The summed E-state index contributed by atoms with van der Waals surface area (Å²) in [5.41, 5.74) is -0.136. The molecule has 2 N–H and O–H groups in total. The second kappa shape index (κ2) is 10.5. The quantitative estimate of drug-likeness (QED) is 0.439. The van der Waals surface area contributed by atoms with Crippen molar-refractivity contribution >= 4 is 0 Å². The zero-order valence-electron chi connectivity index (χ0n) is 20.4. The van der Waals surface area contributed by atoms with Gasteiger partial charge in [0.2, 0.25) is 0 Å². The van der Waals surface area contributed by atoms with Crippen molar-refractivity contribution in [2.45, 2.75) is 68.0 Å². The number of ether oxygens (including phenoxy) is 2. The summed E-state index contributed by atoms with van der Waals surface area (Å²) in [5, 5.41) is 42.7. The maximum Gasteiger partial charge on any atom is 0.194 e. The zero-order chi connectivity index (χ0) is 27.0. The normalized spacial score (nSPS) is 26.9. The second-order valence-electron chi connectivity index (χ2n) is 9.70. The van der Waals surface area contributed by atoms with Crippen LogP contribution in [-0.2, 0) is 21.3 Å². The number of halogens is 3. The lowest BCUT2D eigenvalue weighted by Gasteiger charge is -2.43. The van der Waals surface area contributed by atoms with E-state index >= 15 is 0 Å². The number of hydrogen-bond donors (Lipinski definition) is 2. The first-order valence-corrected chi connectivity index (χ1v) is 12.2. The fourth-order valence-electron chi connectivity index (χ4n) is 5.43. The fraction of sp³-hybridized carbons (Fsp3) is 0.520. The molecule has 1 saturated carbocycles. The van der Waals surface area contributed by atoms with Crippen LogP contribution in [0.3, 0.4) is 0 Å². The van der Waals surface area contributed by atoms with Gasteiger partial charge >= 0.3 is 0 Å². The van der Waals surface area contributed by atoms with Gasteiger partial charge in [-0.25, -0.2) is 17.9 Å². The number of benzene rings is 1. The van der Waals surface area contributed by atoms with Crippen LogP contribution >= 0.6 is 0 Å². The summed E-state index contributed by atoms with van der Waals surface area (Å²) in [7, 11) is 1.41. The van der Waals surface area contributed by atoms with E-state index in [1.165, 1.54) is 18.0 Å². The number of aliphatic hydroxyl groups excluding tert-OH is 2. The maximum atomic E-state index is 13.8. The molecule has 0 spiro atoms. The molecule has 1 aliphatic heterocycles. The van der Waals surface area contributed by atoms with Gasteiger partial charge in [0.1, 0.15) is 46.9 Å². The van der Waals surface area contributed by atoms with Crippen LogP contribution in [0.2, 0.25) is 0 Å². The van der Waals surface area contributed by atoms with E-state index in [2.05, 4.69) is 21.5 Å². The Morgan fingerprint density at radius 2 is 1.89 bits per heavy atom. The molecule has 202 valence electrons. The van der Waals surface area contributed by atoms with Crippen LogP contribution in [0.4, 0.5) is 13.2 Å². The Morgan fingerprint density at radius 3 is 2.53 bits per heavy atom. The molecule has 1 saturated heterocycles. The Bertz CT molecular complexity index is 1310. The number of aliphatic hydroxyl groups is 2. The molecule has 38 heavy (non-hydrogen) atoms. The standard InChI is InChI=1S/C25H26F3N5O5/c1-36-24-18(8-14-9-20(31-38-14)25(12-29)4-2-3-5-25)37-19(11-34)23(35)22(24)33-10-17(30-32-33)13-6-15(26)21(28)16(27)7-13/h6-7,9-10,18-19,22-24,34-35H,2-5,8,11H2,1H3/t18-,19-,22+,23+,24+/m1/s1. The van der Waals surface area contributed by atoms with Gasteiger partial charge in [0.25, 0.3) is 0 Å². The van der Waals surface area contributed by atoms with Crippen LogP contribution in [0, 0.1) is 28.8 Å². The molecule has 0 radical (unpaired) electrons. The third-order valence-electron chi connectivity index (χ3n) is 7.45. The molecule has 2 fully saturated rings. The Balaban J connectivity index is 1.43. The van der Waals surface area contributed by atoms with E-state index in [9.17, 15) is 28.6 Å². The van der Waals surface area contributed by atoms with Gasteiger partial charge in [-0.3, -0.25) is 0 Å². The Morgan fingerprint density at radius 1 is 1.18 bits per heavy atom. The number of aromatic nitrogens is 4. The molecule has 3 heterocycles. The van der Waals surface area contributed by atoms with Gasteiger partial charge in [-0.2, -0.15) is 5.26 Å². The predicted octanol–water partition coefficient (Wildman–Crippen LogP) is 2.61. The first kappa shape index (κ1) is 26.3. The molecule has 0 amide bonds. The second-order valence-corrected chi connectivity index (χ2v) is 9.70. The minimum atomic E-state index is -1.60. The largest absolute Gasteiger partial charge is 0.394 e. The van der Waals surface area contributed by atoms with Crippen molar-refractivity contribution in [3.63, 3.8) is 0 Å². The van der Waals surface area contributed by atoms with Crippen molar-refractivity contribution in [3.05, 3.63) is 53.3 Å². The highest BCUT2D eigenvalue weighted by molar-refractivity contribution is 5.58. The lowest BCUT2D eigenvalue weighted by atomic mass is 9.84. The van der Waals surface area contributed by atoms with Crippen molar-refractivity contribution < 1.29 is 37.4 Å². The molecule has 0 unspecified atom stereocenters. The lowest BCUT2D eigenvalue weighted by Crippen LogP contribution is -2.57. The minimum absolute atomic E-state index is 0.0340. The number of rotatable bonds is 7. The number of nitrogens with zero attached hydrogens (tertiary/aromatic N) is 5. The van der Waals surface area contributed by atoms with Gasteiger partial charge in [-0.05, 0) is 25.0 Å². The highest BCUT2D eigenvalue weighted by atomic mass is 19.2. The minimum Gasteiger partial charge on any atom is -0.394 e. The molecule has 5 rings (SSSR count). The molecule has 2 aromatic heterocycles. The highest BCUT2D eigenvalue weighted by Gasteiger charge is 2.48. The van der Waals surface area contributed by atoms with Gasteiger partial charge in [0.05, 0.1) is 25.0 Å². The van der Waals surface area contributed by atoms with Gasteiger partial charge < -0.3 is 24.2 Å². The zero-order valence-corrected chi connectivity index (χ0v) is 20.4. The summed E-state index contributed by atoms with van der Waals surface area (Å²) < 4.78 is 59.4. The first-order chi connectivity index (χ1) is 18.3. The molecular weight excluding hydrogens is 507 g/mol. The van der Waals surface area contributed by atoms with Crippen LogP contribution in [0.5, 0.6) is 0 Å². The molecule has 3 aromatic rings. The summed E-state index contributed by atoms with van der Waals surface area (Å²) in [6.45, 7) is -0.514. The third-order valence-corrected chi connectivity index (χ3v) is 7.45. The van der Waals surface area contributed by atoms with Gasteiger partial charge in [-0.15, -0.1) is 5.10 Å². The molecule has 2 aliphatic rings. The SMILES string of the molecule is CO[C@@H]1[C@@H](n2cc(-c3cc(F)c(F)c(F)c3)nn2)[C@@H](O)[C@@H](CO)O[C@@H]1Cc1cc(C2(C#N)CCCC2)no1. The molecule has 0 bridgehead atoms. The van der Waals surface area contributed by atoms with Crippen LogP contribution in [0.25, 0.3) is 11.3 Å². The Kier molecular flexibility index (Phi) is 7.23. The molecule has 13 heteroatoms. The van der Waals surface area contributed by atoms with Crippen molar-refractivity contribution in [2.24, 2.45) is 0 Å². The van der Waals surface area contributed by atoms with Crippen molar-refractivity contribution in [1.82, 2.24) is 20.2 Å². The average molecular weight is 534 g/mol. The molecular formula is C25H26F3N5O5. The number of nitriles is 1. The maximum absolute atomic E-state index is 13.8. The molecule has 1 aromatic carbocycles. The van der Waals surface area contributed by atoms with E-state index in [1.807, 2.05) is 0 Å².